The Labute approximate surface area is 173 Å². The van der Waals surface area contributed by atoms with Crippen LogP contribution in [0.25, 0.3) is 10.8 Å². The minimum atomic E-state index is -0.224. The average Bonchev–Trinajstić information content (AvgIpc) is 2.61. The molecule has 0 bridgehead atoms. The van der Waals surface area contributed by atoms with Crippen molar-refractivity contribution in [2.24, 2.45) is 5.10 Å². The number of hydrogen-bond acceptors (Lipinski definition) is 3. The molecule has 1 amide bonds. The van der Waals surface area contributed by atoms with Crippen molar-refractivity contribution in [2.75, 3.05) is 12.4 Å². The Hall–Kier alpha value is -1.68. The summed E-state index contributed by atoms with van der Waals surface area (Å²) < 4.78 is 2.21. The van der Waals surface area contributed by atoms with Crippen molar-refractivity contribution in [2.45, 2.75) is 0 Å². The second-order valence-corrected chi connectivity index (χ2v) is 7.69. The average molecular weight is 555 g/mol. The van der Waals surface area contributed by atoms with Crippen LogP contribution in [0.1, 0.15) is 15.9 Å². The molecule has 0 saturated carbocycles. The van der Waals surface area contributed by atoms with Crippen LogP contribution in [0.15, 0.2) is 59.7 Å². The number of nitrogens with zero attached hydrogens (tertiary/aromatic N) is 1. The van der Waals surface area contributed by atoms with Crippen LogP contribution in [0.2, 0.25) is 0 Å². The first kappa shape index (κ1) is 18.1. The standard InChI is InChI=1S/C19H15I2N3O/c1-22-18-16(20)8-12(9-17(18)21)11-23-24-19(25)15-7-6-13-4-2-3-5-14(13)10-15/h2-11,22H,1H3,(H,24,25)/b23-11-. The van der Waals surface area contributed by atoms with E-state index in [4.69, 9.17) is 0 Å². The fourth-order valence-corrected chi connectivity index (χ4v) is 4.82. The quantitative estimate of drug-likeness (QED) is 0.275. The lowest BCUT2D eigenvalue weighted by Crippen LogP contribution is -2.17. The molecule has 0 aliphatic carbocycles. The van der Waals surface area contributed by atoms with Gasteiger partial charge in [0, 0.05) is 19.8 Å². The van der Waals surface area contributed by atoms with Crippen LogP contribution in [0.5, 0.6) is 0 Å². The zero-order valence-electron chi connectivity index (χ0n) is 13.4. The zero-order valence-corrected chi connectivity index (χ0v) is 17.7. The molecule has 0 unspecified atom stereocenters. The number of hydrogen-bond donors (Lipinski definition) is 2. The third-order valence-electron chi connectivity index (χ3n) is 3.71. The summed E-state index contributed by atoms with van der Waals surface area (Å²) in [6.07, 6.45) is 1.66. The van der Waals surface area contributed by atoms with Gasteiger partial charge in [0.25, 0.3) is 5.91 Å². The number of carbonyl (C=O) groups is 1. The molecule has 0 radical (unpaired) electrons. The molecule has 0 heterocycles. The molecule has 0 saturated heterocycles. The summed E-state index contributed by atoms with van der Waals surface area (Å²) in [4.78, 5) is 12.3. The highest BCUT2D eigenvalue weighted by Crippen LogP contribution is 2.25. The Kier molecular flexibility index (Phi) is 5.89. The molecule has 3 aromatic carbocycles. The molecule has 6 heteroatoms. The van der Waals surface area contributed by atoms with Gasteiger partial charge in [-0.15, -0.1) is 0 Å². The van der Waals surface area contributed by atoms with Crippen molar-refractivity contribution in [1.29, 1.82) is 0 Å². The van der Waals surface area contributed by atoms with Gasteiger partial charge >= 0.3 is 0 Å². The largest absolute Gasteiger partial charge is 0.386 e. The second-order valence-electron chi connectivity index (χ2n) is 5.37. The Morgan fingerprint density at radius 3 is 2.36 bits per heavy atom. The molecule has 0 aliphatic rings. The summed E-state index contributed by atoms with van der Waals surface area (Å²) in [6.45, 7) is 0. The van der Waals surface area contributed by atoms with Crippen LogP contribution >= 0.6 is 45.2 Å². The van der Waals surface area contributed by atoms with Gasteiger partial charge in [-0.05, 0) is 85.8 Å². The number of anilines is 1. The van der Waals surface area contributed by atoms with E-state index in [2.05, 4.69) is 61.0 Å². The van der Waals surface area contributed by atoms with Gasteiger partial charge in [0.2, 0.25) is 0 Å². The Bertz CT molecular complexity index is 947. The van der Waals surface area contributed by atoms with Gasteiger partial charge in [0.1, 0.15) is 0 Å². The molecule has 2 N–H and O–H groups in total. The third-order valence-corrected chi connectivity index (χ3v) is 5.41. The van der Waals surface area contributed by atoms with Crippen molar-refractivity contribution >= 4 is 73.8 Å². The van der Waals surface area contributed by atoms with Gasteiger partial charge in [0.15, 0.2) is 0 Å². The van der Waals surface area contributed by atoms with Crippen LogP contribution in [0.3, 0.4) is 0 Å². The number of benzene rings is 3. The fourth-order valence-electron chi connectivity index (χ4n) is 2.47. The molecule has 0 aromatic heterocycles. The summed E-state index contributed by atoms with van der Waals surface area (Å²) in [6, 6.07) is 17.6. The van der Waals surface area contributed by atoms with Gasteiger partial charge in [-0.3, -0.25) is 4.79 Å². The number of carbonyl (C=O) groups excluding carboxylic acids is 1. The van der Waals surface area contributed by atoms with Crippen molar-refractivity contribution in [3.05, 3.63) is 72.9 Å². The normalized spacial score (nSPS) is 11.0. The summed E-state index contributed by atoms with van der Waals surface area (Å²) in [5.41, 5.74) is 5.21. The van der Waals surface area contributed by atoms with E-state index in [0.717, 1.165) is 29.2 Å². The smallest absolute Gasteiger partial charge is 0.271 e. The zero-order chi connectivity index (χ0) is 17.8. The first-order chi connectivity index (χ1) is 12.1. The highest BCUT2D eigenvalue weighted by Gasteiger charge is 2.06. The third kappa shape index (κ3) is 4.30. The number of hydrazone groups is 1. The number of halogens is 2. The highest BCUT2D eigenvalue weighted by atomic mass is 127. The Balaban J connectivity index is 1.74. The van der Waals surface area contributed by atoms with E-state index in [9.17, 15) is 4.79 Å². The molecule has 0 spiro atoms. The monoisotopic (exact) mass is 555 g/mol. The van der Waals surface area contributed by atoms with E-state index >= 15 is 0 Å². The molecule has 25 heavy (non-hydrogen) atoms. The Morgan fingerprint density at radius 2 is 1.68 bits per heavy atom. The van der Waals surface area contributed by atoms with Gasteiger partial charge in [-0.25, -0.2) is 5.43 Å². The Morgan fingerprint density at radius 1 is 1.00 bits per heavy atom. The maximum atomic E-state index is 12.3. The lowest BCUT2D eigenvalue weighted by atomic mass is 10.1. The molecule has 3 rings (SSSR count). The van der Waals surface area contributed by atoms with Crippen LogP contribution in [0, 0.1) is 7.14 Å². The van der Waals surface area contributed by atoms with E-state index in [1.165, 1.54) is 0 Å². The molecule has 4 nitrogen and oxygen atoms in total. The number of amides is 1. The molecule has 0 atom stereocenters. The first-order valence-electron chi connectivity index (χ1n) is 7.57. The molecule has 3 aromatic rings. The van der Waals surface area contributed by atoms with Crippen molar-refractivity contribution in [3.8, 4) is 0 Å². The van der Waals surface area contributed by atoms with E-state index < -0.39 is 0 Å². The van der Waals surface area contributed by atoms with Crippen LogP contribution < -0.4 is 10.7 Å². The van der Waals surface area contributed by atoms with Crippen LogP contribution in [0.4, 0.5) is 5.69 Å². The number of fused-ring (bicyclic) bond motifs is 1. The van der Waals surface area contributed by atoms with E-state index in [-0.39, 0.29) is 5.91 Å². The summed E-state index contributed by atoms with van der Waals surface area (Å²) in [7, 11) is 1.90. The summed E-state index contributed by atoms with van der Waals surface area (Å²) >= 11 is 4.56. The van der Waals surface area contributed by atoms with Crippen LogP contribution in [-0.4, -0.2) is 19.2 Å². The van der Waals surface area contributed by atoms with Crippen molar-refractivity contribution in [1.82, 2.24) is 5.43 Å². The molecule has 126 valence electrons. The maximum Gasteiger partial charge on any atom is 0.271 e. The minimum absolute atomic E-state index is 0.224. The summed E-state index contributed by atoms with van der Waals surface area (Å²) in [5, 5.41) is 9.40. The number of rotatable bonds is 4. The predicted molar refractivity (Wildman–Crippen MR) is 120 cm³/mol. The van der Waals surface area contributed by atoms with Gasteiger partial charge in [0.05, 0.1) is 11.9 Å². The van der Waals surface area contributed by atoms with E-state index in [1.807, 2.05) is 55.6 Å². The van der Waals surface area contributed by atoms with Gasteiger partial charge in [-0.1, -0.05) is 30.3 Å². The van der Waals surface area contributed by atoms with Gasteiger partial charge < -0.3 is 5.32 Å². The topological polar surface area (TPSA) is 53.5 Å². The lowest BCUT2D eigenvalue weighted by molar-refractivity contribution is 0.0955. The number of nitrogens with one attached hydrogen (secondary N) is 2. The molecule has 0 aliphatic heterocycles. The summed E-state index contributed by atoms with van der Waals surface area (Å²) in [5.74, 6) is -0.224. The lowest BCUT2D eigenvalue weighted by Gasteiger charge is -2.07. The van der Waals surface area contributed by atoms with Crippen LogP contribution in [-0.2, 0) is 0 Å². The van der Waals surface area contributed by atoms with Crippen molar-refractivity contribution < 1.29 is 4.79 Å². The molecule has 0 fully saturated rings. The fraction of sp³-hybridized carbons (Fsp3) is 0.0526. The van der Waals surface area contributed by atoms with Crippen molar-refractivity contribution in [3.63, 3.8) is 0 Å². The van der Waals surface area contributed by atoms with E-state index in [1.54, 1.807) is 12.3 Å². The second kappa shape index (κ2) is 8.13. The maximum absolute atomic E-state index is 12.3. The van der Waals surface area contributed by atoms with E-state index in [0.29, 0.717) is 5.56 Å². The first-order valence-corrected chi connectivity index (χ1v) is 9.73. The predicted octanol–water partition coefficient (Wildman–Crippen LogP) is 4.85. The highest BCUT2D eigenvalue weighted by molar-refractivity contribution is 14.1. The molecular formula is C19H15I2N3O. The minimum Gasteiger partial charge on any atom is -0.386 e. The van der Waals surface area contributed by atoms with Gasteiger partial charge in [-0.2, -0.15) is 5.10 Å². The SMILES string of the molecule is CNc1c(I)cc(/C=N\NC(=O)c2ccc3ccccc3c2)cc1I. The molecular weight excluding hydrogens is 540 g/mol.